The highest BCUT2D eigenvalue weighted by atomic mass is 35.5. The Kier molecular flexibility index (Phi) is 9.27. The minimum atomic E-state index is -0.501. The first-order valence-corrected chi connectivity index (χ1v) is 16.0. The summed E-state index contributed by atoms with van der Waals surface area (Å²) in [5.74, 6) is 0.967. The maximum atomic E-state index is 14.7. The number of ether oxygens (including phenoxy) is 1. The fourth-order valence-corrected chi connectivity index (χ4v) is 6.11. The number of nitrogens with zero attached hydrogens (tertiary/aromatic N) is 5. The predicted molar refractivity (Wildman–Crippen MR) is 174 cm³/mol. The van der Waals surface area contributed by atoms with Gasteiger partial charge in [0.15, 0.2) is 0 Å². The van der Waals surface area contributed by atoms with E-state index in [1.807, 2.05) is 60.4 Å². The zero-order valence-corrected chi connectivity index (χ0v) is 26.5. The van der Waals surface area contributed by atoms with E-state index in [0.29, 0.717) is 78.1 Å². The lowest BCUT2D eigenvalue weighted by Crippen LogP contribution is -2.55. The van der Waals surface area contributed by atoms with Crippen LogP contribution in [0, 0.1) is 11.3 Å². The van der Waals surface area contributed by atoms with Gasteiger partial charge in [0.2, 0.25) is 5.91 Å². The monoisotopic (exact) mass is 644 g/mol. The third-order valence-corrected chi connectivity index (χ3v) is 8.80. The Balaban J connectivity index is 1.38. The fourth-order valence-electron chi connectivity index (χ4n) is 5.86. The van der Waals surface area contributed by atoms with Crippen LogP contribution in [-0.2, 0) is 4.79 Å². The first kappa shape index (κ1) is 30.9. The molecule has 1 saturated carbocycles. The number of carbonyl (C=O) groups is 2. The van der Waals surface area contributed by atoms with Gasteiger partial charge in [0.1, 0.15) is 17.6 Å². The summed E-state index contributed by atoms with van der Waals surface area (Å²) >= 11 is 12.5. The lowest BCUT2D eigenvalue weighted by atomic mass is 9.93. The molecule has 9 nitrogen and oxygen atoms in total. The summed E-state index contributed by atoms with van der Waals surface area (Å²) in [6.07, 6.45) is 2.09. The van der Waals surface area contributed by atoms with E-state index >= 15 is 0 Å². The summed E-state index contributed by atoms with van der Waals surface area (Å²) in [6, 6.07) is 21.5. The number of hydrogen-bond acceptors (Lipinski definition) is 6. The summed E-state index contributed by atoms with van der Waals surface area (Å²) in [4.78, 5) is 38.0. The molecule has 3 aromatic rings. The molecule has 1 saturated heterocycles. The molecule has 1 aliphatic carbocycles. The van der Waals surface area contributed by atoms with Crippen LogP contribution in [-0.4, -0.2) is 77.8 Å². The van der Waals surface area contributed by atoms with Gasteiger partial charge in [-0.15, -0.1) is 0 Å². The Morgan fingerprint density at radius 1 is 0.956 bits per heavy atom. The number of halogens is 2. The smallest absolute Gasteiger partial charge is 0.326 e. The van der Waals surface area contributed by atoms with Crippen LogP contribution >= 0.6 is 23.2 Å². The van der Waals surface area contributed by atoms with Crippen LogP contribution in [0.15, 0.2) is 71.7 Å². The standard InChI is InChI=1S/C34H34Cl2N6O3/c1-2-45-29-19-22(20-37)3-14-28(29)33-39-31(23-4-8-25(35)9-5-23)32(24-6-10-26(36)11-7-24)42(33)34(44)41-17-15-40(16-18-41)21-30(43)38-27-12-13-27/h3-11,14,19,27,31-32H,2,12-13,15-18,21H2,1H3,(H,38,43)/t31-,32+/m0/s1. The maximum absolute atomic E-state index is 14.7. The minimum absolute atomic E-state index is 0.0316. The largest absolute Gasteiger partial charge is 0.493 e. The van der Waals surface area contributed by atoms with Gasteiger partial charge in [-0.2, -0.15) is 5.26 Å². The number of amides is 3. The van der Waals surface area contributed by atoms with Crippen molar-refractivity contribution >= 4 is 41.0 Å². The van der Waals surface area contributed by atoms with E-state index in [0.717, 1.165) is 24.0 Å². The van der Waals surface area contributed by atoms with Crippen molar-refractivity contribution in [2.75, 3.05) is 39.3 Å². The first-order chi connectivity index (χ1) is 21.8. The van der Waals surface area contributed by atoms with Crippen molar-refractivity contribution in [2.45, 2.75) is 37.9 Å². The van der Waals surface area contributed by atoms with Gasteiger partial charge < -0.3 is 15.0 Å². The topological polar surface area (TPSA) is 101 Å². The van der Waals surface area contributed by atoms with E-state index in [-0.39, 0.29) is 11.9 Å². The van der Waals surface area contributed by atoms with Gasteiger partial charge in [-0.05, 0) is 73.4 Å². The van der Waals surface area contributed by atoms with E-state index in [1.165, 1.54) is 0 Å². The van der Waals surface area contributed by atoms with Crippen LogP contribution in [0.2, 0.25) is 10.0 Å². The molecular weight excluding hydrogens is 611 g/mol. The van der Waals surface area contributed by atoms with Crippen LogP contribution in [0.1, 0.15) is 54.1 Å². The summed E-state index contributed by atoms with van der Waals surface area (Å²) < 4.78 is 6.00. The lowest BCUT2D eigenvalue weighted by molar-refractivity contribution is -0.122. The molecule has 2 atom stereocenters. The number of rotatable bonds is 8. The number of benzene rings is 3. The van der Waals surface area contributed by atoms with Gasteiger partial charge in [-0.1, -0.05) is 47.5 Å². The highest BCUT2D eigenvalue weighted by Gasteiger charge is 2.45. The molecule has 3 aromatic carbocycles. The van der Waals surface area contributed by atoms with Crippen LogP contribution in [0.3, 0.4) is 0 Å². The van der Waals surface area contributed by atoms with E-state index in [2.05, 4.69) is 16.3 Å². The number of carbonyl (C=O) groups excluding carboxylic acids is 2. The Hall–Kier alpha value is -4.10. The molecule has 1 N–H and O–H groups in total. The molecule has 0 bridgehead atoms. The molecular formula is C34H34Cl2N6O3. The number of nitrogens with one attached hydrogen (secondary N) is 1. The van der Waals surface area contributed by atoms with Crippen molar-refractivity contribution in [3.05, 3.63) is 99.0 Å². The molecule has 6 rings (SSSR count). The normalized spacial score (nSPS) is 20.0. The molecule has 0 radical (unpaired) electrons. The quantitative estimate of drug-likeness (QED) is 0.333. The minimum Gasteiger partial charge on any atom is -0.493 e. The van der Waals surface area contributed by atoms with Crippen LogP contribution < -0.4 is 10.1 Å². The molecule has 2 fully saturated rings. The third-order valence-electron chi connectivity index (χ3n) is 8.30. The molecule has 0 unspecified atom stereocenters. The van der Waals surface area contributed by atoms with Gasteiger partial charge in [-0.25, -0.2) is 4.79 Å². The average molecular weight is 646 g/mol. The van der Waals surface area contributed by atoms with Crippen molar-refractivity contribution in [3.8, 4) is 11.8 Å². The van der Waals surface area contributed by atoms with Gasteiger partial charge in [-0.3, -0.25) is 19.6 Å². The fraction of sp³-hybridized carbons (Fsp3) is 0.353. The lowest BCUT2D eigenvalue weighted by Gasteiger charge is -2.39. The summed E-state index contributed by atoms with van der Waals surface area (Å²) in [5, 5.41) is 13.8. The molecule has 0 aromatic heterocycles. The second kappa shape index (κ2) is 13.5. The average Bonchev–Trinajstić information content (AvgIpc) is 3.78. The van der Waals surface area contributed by atoms with Crippen molar-refractivity contribution in [1.29, 1.82) is 5.26 Å². The van der Waals surface area contributed by atoms with Gasteiger partial charge >= 0.3 is 6.03 Å². The highest BCUT2D eigenvalue weighted by Crippen LogP contribution is 2.45. The first-order valence-electron chi connectivity index (χ1n) is 15.2. The zero-order valence-electron chi connectivity index (χ0n) is 25.0. The molecule has 3 aliphatic rings. The maximum Gasteiger partial charge on any atom is 0.326 e. The van der Waals surface area contributed by atoms with Gasteiger partial charge in [0.25, 0.3) is 0 Å². The highest BCUT2D eigenvalue weighted by molar-refractivity contribution is 6.30. The number of aliphatic imine (C=N–C) groups is 1. The van der Waals surface area contributed by atoms with Crippen LogP contribution in [0.5, 0.6) is 5.75 Å². The summed E-state index contributed by atoms with van der Waals surface area (Å²) in [7, 11) is 0. The van der Waals surface area contributed by atoms with Crippen molar-refractivity contribution in [2.24, 2.45) is 4.99 Å². The molecule has 2 aliphatic heterocycles. The van der Waals surface area contributed by atoms with Crippen LogP contribution in [0.4, 0.5) is 4.79 Å². The van der Waals surface area contributed by atoms with Crippen molar-refractivity contribution in [3.63, 3.8) is 0 Å². The second-order valence-electron chi connectivity index (χ2n) is 11.5. The van der Waals surface area contributed by atoms with E-state index in [1.54, 1.807) is 23.1 Å². The molecule has 232 valence electrons. The van der Waals surface area contributed by atoms with Crippen LogP contribution in [0.25, 0.3) is 0 Å². The second-order valence-corrected chi connectivity index (χ2v) is 12.3. The Labute approximate surface area is 273 Å². The van der Waals surface area contributed by atoms with E-state index in [9.17, 15) is 14.9 Å². The van der Waals surface area contributed by atoms with Crippen molar-refractivity contribution in [1.82, 2.24) is 20.0 Å². The zero-order chi connectivity index (χ0) is 31.5. The van der Waals surface area contributed by atoms with Gasteiger partial charge in [0, 0.05) is 42.3 Å². The van der Waals surface area contributed by atoms with E-state index < -0.39 is 12.1 Å². The number of urea groups is 1. The Morgan fingerprint density at radius 2 is 1.60 bits per heavy atom. The third kappa shape index (κ3) is 6.94. The Bertz CT molecular complexity index is 1630. The molecule has 45 heavy (non-hydrogen) atoms. The Morgan fingerprint density at radius 3 is 2.20 bits per heavy atom. The molecule has 2 heterocycles. The number of hydrogen-bond donors (Lipinski definition) is 1. The van der Waals surface area contributed by atoms with E-state index in [4.69, 9.17) is 32.9 Å². The summed E-state index contributed by atoms with van der Waals surface area (Å²) in [5.41, 5.74) is 2.83. The van der Waals surface area contributed by atoms with Gasteiger partial charge in [0.05, 0.1) is 36.4 Å². The summed E-state index contributed by atoms with van der Waals surface area (Å²) in [6.45, 7) is 4.66. The number of amidine groups is 1. The predicted octanol–water partition coefficient (Wildman–Crippen LogP) is 5.82. The number of piperazine rings is 1. The SMILES string of the molecule is CCOc1cc(C#N)ccc1C1=N[C@@H](c2ccc(Cl)cc2)[C@@H](c2ccc(Cl)cc2)N1C(=O)N1CCN(CC(=O)NC2CC2)CC1. The molecule has 0 spiro atoms. The molecule has 11 heteroatoms. The number of nitriles is 1. The molecule has 3 amide bonds. The van der Waals surface area contributed by atoms with Crippen molar-refractivity contribution < 1.29 is 14.3 Å².